The van der Waals surface area contributed by atoms with Gasteiger partial charge in [0, 0.05) is 23.4 Å². The fourth-order valence-electron chi connectivity index (χ4n) is 26.5. The Labute approximate surface area is 377 Å². The molecule has 17 aliphatic rings. The van der Waals surface area contributed by atoms with Crippen molar-refractivity contribution in [2.45, 2.75) is 51.2 Å². The van der Waals surface area contributed by atoms with Gasteiger partial charge in [-0.3, -0.25) is 4.90 Å². The number of rotatable bonds is 6. The smallest absolute Gasteiger partial charge is 0.169 e. The number of likely N-dealkylation sites (tertiary alicyclic amines) is 1. The zero-order valence-corrected chi connectivity index (χ0v) is 37.0. The van der Waals surface area contributed by atoms with E-state index in [9.17, 15) is 0 Å². The monoisotopic (exact) mass is 837 g/mol. The maximum atomic E-state index is 6.98. The summed E-state index contributed by atoms with van der Waals surface area (Å²) in [6, 6.07) is 28.8. The summed E-state index contributed by atoms with van der Waals surface area (Å²) in [4.78, 5) is 2.98. The lowest BCUT2D eigenvalue weighted by molar-refractivity contribution is -0.165. The Morgan fingerprint density at radius 2 is 1.34 bits per heavy atom. The predicted molar refractivity (Wildman–Crippen MR) is 243 cm³/mol. The van der Waals surface area contributed by atoms with Crippen LogP contribution in [0.2, 0.25) is 0 Å². The lowest BCUT2D eigenvalue weighted by Crippen LogP contribution is -2.65. The van der Waals surface area contributed by atoms with E-state index in [1.807, 2.05) is 16.7 Å². The van der Waals surface area contributed by atoms with Crippen LogP contribution in [0, 0.1) is 147 Å². The molecule has 3 aromatic carbocycles. The summed E-state index contributed by atoms with van der Waals surface area (Å²) in [6.07, 6.45) is 18.3. The molecule has 64 heavy (non-hydrogen) atoms. The number of ether oxygens (including phenoxy) is 2. The van der Waals surface area contributed by atoms with Gasteiger partial charge in [-0.2, -0.15) is 0 Å². The van der Waals surface area contributed by atoms with Gasteiger partial charge in [0.25, 0.3) is 0 Å². The Bertz CT molecular complexity index is 2870. The van der Waals surface area contributed by atoms with Crippen molar-refractivity contribution in [3.63, 3.8) is 0 Å². The molecule has 0 N–H and O–H groups in total. The summed E-state index contributed by atoms with van der Waals surface area (Å²) in [5.74, 6) is 25.0. The molecule has 0 radical (unpaired) electrons. The second-order valence-corrected chi connectivity index (χ2v) is 26.2. The topological polar surface area (TPSA) is 21.7 Å². The molecule has 2 spiro atoms. The molecule has 26 atom stereocenters. The summed E-state index contributed by atoms with van der Waals surface area (Å²) in [7, 11) is 2.59. The quantitative estimate of drug-likeness (QED) is 0.231. The van der Waals surface area contributed by atoms with Crippen LogP contribution in [0.1, 0.15) is 55.7 Å². The molecule has 3 aromatic rings. The minimum Gasteiger partial charge on any atom is -0.485 e. The van der Waals surface area contributed by atoms with Crippen LogP contribution in [-0.2, 0) is 6.61 Å². The zero-order valence-electron chi connectivity index (χ0n) is 37.0. The maximum absolute atomic E-state index is 6.98. The number of allylic oxidation sites excluding steroid dienone is 6. The average Bonchev–Trinajstić information content (AvgIpc) is 4.16. The maximum Gasteiger partial charge on any atom is 0.169 e. The molecule has 0 aromatic heterocycles. The molecule has 26 unspecified atom stereocenters. The molecule has 12 fully saturated rings. The Balaban J connectivity index is 0.852. The molecular formula is C61H59NO2. The molecular weight excluding hydrogens is 779 g/mol. The van der Waals surface area contributed by atoms with Crippen molar-refractivity contribution in [2.75, 3.05) is 13.6 Å². The van der Waals surface area contributed by atoms with Gasteiger partial charge in [-0.15, -0.1) is 0 Å². The SMILES string of the molecule is CN1CC23C4=CC5CC6CC7CC8CC9=C%10C%11C(CC%12=CC(=C4)C2(C2C%12C%11C4C%11C%10C8C8C7C6C6C(C%118)C(C42)C3C56)C1c1ccc(Oc2ccccc2)c(OCc2ccccc2)c1)C9. The van der Waals surface area contributed by atoms with Gasteiger partial charge in [-0.05, 0) is 228 Å². The third kappa shape index (κ3) is 3.14. The van der Waals surface area contributed by atoms with E-state index in [4.69, 9.17) is 9.47 Å². The number of nitrogens with zero attached hydrogens (tertiary/aromatic N) is 1. The molecule has 0 amide bonds. The molecule has 1 heterocycles. The fourth-order valence-corrected chi connectivity index (χ4v) is 26.5. The minimum absolute atomic E-state index is 0.119. The van der Waals surface area contributed by atoms with E-state index in [1.54, 1.807) is 12.8 Å². The first kappa shape index (κ1) is 33.6. The van der Waals surface area contributed by atoms with E-state index in [0.717, 1.165) is 153 Å². The first-order valence-corrected chi connectivity index (χ1v) is 26.7. The zero-order chi connectivity index (χ0) is 40.6. The van der Waals surface area contributed by atoms with E-state index in [1.165, 1.54) is 43.4 Å². The molecule has 1 saturated heterocycles. The van der Waals surface area contributed by atoms with Crippen molar-refractivity contribution in [1.82, 2.24) is 4.90 Å². The van der Waals surface area contributed by atoms with Crippen molar-refractivity contribution in [3.05, 3.63) is 136 Å². The second-order valence-electron chi connectivity index (χ2n) is 26.2. The van der Waals surface area contributed by atoms with Crippen LogP contribution in [0.15, 0.2) is 125 Å². The average molecular weight is 838 g/mol. The number of hydrogen-bond acceptors (Lipinski definition) is 3. The van der Waals surface area contributed by atoms with Gasteiger partial charge < -0.3 is 9.47 Å². The van der Waals surface area contributed by atoms with Crippen molar-refractivity contribution < 1.29 is 9.47 Å². The van der Waals surface area contributed by atoms with Crippen LogP contribution < -0.4 is 9.47 Å². The van der Waals surface area contributed by atoms with E-state index in [2.05, 4.69) is 120 Å². The summed E-state index contributed by atoms with van der Waals surface area (Å²) in [5.41, 5.74) is 13.0. The van der Waals surface area contributed by atoms with Crippen LogP contribution in [0.3, 0.4) is 0 Å². The summed E-state index contributed by atoms with van der Waals surface area (Å²) in [5, 5.41) is 0. The third-order valence-electron chi connectivity index (χ3n) is 25.7. The highest BCUT2D eigenvalue weighted by molar-refractivity contribution is 5.64. The van der Waals surface area contributed by atoms with Crippen LogP contribution in [0.5, 0.6) is 17.2 Å². The second kappa shape index (κ2) is 10.3. The predicted octanol–water partition coefficient (Wildman–Crippen LogP) is 11.8. The Kier molecular flexibility index (Phi) is 5.43. The van der Waals surface area contributed by atoms with Gasteiger partial charge in [0.05, 0.1) is 0 Å². The highest BCUT2D eigenvalue weighted by Gasteiger charge is 2.92. The van der Waals surface area contributed by atoms with Gasteiger partial charge in [0.2, 0.25) is 0 Å². The van der Waals surface area contributed by atoms with Crippen molar-refractivity contribution in [1.29, 1.82) is 0 Å². The van der Waals surface area contributed by atoms with E-state index in [0.29, 0.717) is 12.6 Å². The highest BCUT2D eigenvalue weighted by Crippen LogP contribution is 2.95. The van der Waals surface area contributed by atoms with Gasteiger partial charge in [0.1, 0.15) is 12.4 Å². The van der Waals surface area contributed by atoms with Gasteiger partial charge >= 0.3 is 0 Å². The van der Waals surface area contributed by atoms with E-state index < -0.39 is 0 Å². The molecule has 20 rings (SSSR count). The van der Waals surface area contributed by atoms with Crippen LogP contribution in [0.25, 0.3) is 0 Å². The Morgan fingerprint density at radius 1 is 0.594 bits per heavy atom. The van der Waals surface area contributed by atoms with Gasteiger partial charge in [-0.25, -0.2) is 0 Å². The highest BCUT2D eigenvalue weighted by atomic mass is 16.5. The summed E-state index contributed by atoms with van der Waals surface area (Å²) >= 11 is 0. The summed E-state index contributed by atoms with van der Waals surface area (Å²) < 4.78 is 13.7. The lowest BCUT2D eigenvalue weighted by Gasteiger charge is -2.67. The number of para-hydroxylation sites is 1. The van der Waals surface area contributed by atoms with Crippen LogP contribution >= 0.6 is 0 Å². The largest absolute Gasteiger partial charge is 0.485 e. The molecule has 3 heteroatoms. The Morgan fingerprint density at radius 3 is 2.23 bits per heavy atom. The van der Waals surface area contributed by atoms with Crippen molar-refractivity contribution >= 4 is 0 Å². The first-order valence-electron chi connectivity index (χ1n) is 26.7. The molecule has 3 nitrogen and oxygen atoms in total. The molecule has 1 aliphatic heterocycles. The molecule has 16 aliphatic carbocycles. The van der Waals surface area contributed by atoms with Crippen molar-refractivity contribution in [3.8, 4) is 17.2 Å². The Hall–Kier alpha value is -3.82. The van der Waals surface area contributed by atoms with Crippen LogP contribution in [-0.4, -0.2) is 18.5 Å². The summed E-state index contributed by atoms with van der Waals surface area (Å²) in [6.45, 7) is 1.79. The minimum atomic E-state index is 0.119. The standard InChI is InChI=1S/C61H59NO2/c1-62-25-60-35-20-33-18-30-14-28-16-32-17-29-15-31-19-34-21-36(23-35)61(60,59(62)27-12-13-38(64-37-10-6-3-7-11-37)39(22-27)63-24-26-8-4-2-5-9-26)58-46(34)50-43(31)41(29)48-44(32)47-40(28)42(30)49-45(33)57(60)55-53(49)51(47)52(48)54(50)56(55)58/h2-13,20-23,28,30-33,40,42-59H,14-19,24-25H2,1H3. The lowest BCUT2D eigenvalue weighted by atomic mass is 9.35. The van der Waals surface area contributed by atoms with Gasteiger partial charge in [-0.1, -0.05) is 89.5 Å². The van der Waals surface area contributed by atoms with Crippen LogP contribution in [0.4, 0.5) is 0 Å². The van der Waals surface area contributed by atoms with Gasteiger partial charge in [0.15, 0.2) is 11.5 Å². The molecule has 320 valence electrons. The number of hydrogen-bond donors (Lipinski definition) is 0. The number of benzene rings is 3. The fraction of sp³-hybridized carbons (Fsp3) is 0.574. The third-order valence-corrected chi connectivity index (χ3v) is 25.7. The molecule has 11 saturated carbocycles. The van der Waals surface area contributed by atoms with E-state index in [-0.39, 0.29) is 10.8 Å². The first-order chi connectivity index (χ1) is 31.6. The van der Waals surface area contributed by atoms with Crippen molar-refractivity contribution in [2.24, 2.45) is 147 Å². The molecule has 0 bridgehead atoms. The van der Waals surface area contributed by atoms with E-state index >= 15 is 0 Å². The normalized spacial score (nSPS) is 57.0.